The summed E-state index contributed by atoms with van der Waals surface area (Å²) in [7, 11) is 0. The molecule has 5 nitrogen and oxygen atoms in total. The smallest absolute Gasteiger partial charge is 0.271 e. The lowest BCUT2D eigenvalue weighted by atomic mass is 9.80. The fourth-order valence-corrected chi connectivity index (χ4v) is 4.80. The van der Waals surface area contributed by atoms with Crippen molar-refractivity contribution in [2.45, 2.75) is 57.4 Å². The van der Waals surface area contributed by atoms with E-state index in [-0.39, 0.29) is 11.8 Å². The van der Waals surface area contributed by atoms with Crippen molar-refractivity contribution in [3.63, 3.8) is 0 Å². The van der Waals surface area contributed by atoms with Gasteiger partial charge >= 0.3 is 0 Å². The quantitative estimate of drug-likeness (QED) is 0.694. The van der Waals surface area contributed by atoms with Crippen molar-refractivity contribution in [3.8, 4) is 10.6 Å². The summed E-state index contributed by atoms with van der Waals surface area (Å²) < 4.78 is 0. The highest BCUT2D eigenvalue weighted by atomic mass is 32.1. The Morgan fingerprint density at radius 3 is 2.73 bits per heavy atom. The van der Waals surface area contributed by atoms with Crippen LogP contribution in [0.15, 0.2) is 22.2 Å². The molecule has 2 amide bonds. The molecule has 0 radical (unpaired) electrons. The third-order valence-electron chi connectivity index (χ3n) is 4.82. The van der Waals surface area contributed by atoms with E-state index in [1.54, 1.807) is 16.7 Å². The largest absolute Gasteiger partial charge is 0.354 e. The van der Waals surface area contributed by atoms with Gasteiger partial charge in [-0.05, 0) is 30.7 Å². The van der Waals surface area contributed by atoms with Crippen molar-refractivity contribution in [2.24, 2.45) is 0 Å². The number of nitrogens with zero attached hydrogens (tertiary/aromatic N) is 1. The Kier molecular flexibility index (Phi) is 6.43. The number of hydrogen-bond donors (Lipinski definition) is 2. The zero-order chi connectivity index (χ0) is 18.4. The van der Waals surface area contributed by atoms with Gasteiger partial charge in [-0.25, -0.2) is 4.98 Å². The first kappa shape index (κ1) is 19.0. The van der Waals surface area contributed by atoms with Gasteiger partial charge in [0.05, 0.1) is 0 Å². The molecule has 140 valence electrons. The average Bonchev–Trinajstić information content (AvgIpc) is 3.34. The van der Waals surface area contributed by atoms with Crippen LogP contribution in [-0.4, -0.2) is 28.9 Å². The third kappa shape index (κ3) is 4.32. The maximum atomic E-state index is 12.8. The zero-order valence-electron chi connectivity index (χ0n) is 15.0. The van der Waals surface area contributed by atoms with Crippen molar-refractivity contribution < 1.29 is 9.59 Å². The van der Waals surface area contributed by atoms with E-state index in [0.29, 0.717) is 25.1 Å². The number of hydrogen-bond acceptors (Lipinski definition) is 5. The second kappa shape index (κ2) is 8.77. The summed E-state index contributed by atoms with van der Waals surface area (Å²) in [6.45, 7) is 2.75. The molecule has 1 fully saturated rings. The minimum absolute atomic E-state index is 0.0488. The fourth-order valence-electron chi connectivity index (χ4n) is 3.29. The number of carbonyl (C=O) groups is 2. The second-order valence-corrected chi connectivity index (χ2v) is 8.39. The van der Waals surface area contributed by atoms with Crippen LogP contribution in [0.1, 0.15) is 62.4 Å². The summed E-state index contributed by atoms with van der Waals surface area (Å²) in [5, 5.41) is 12.7. The number of carbonyl (C=O) groups excluding carboxylic acids is 2. The molecule has 3 rings (SSSR count). The highest BCUT2D eigenvalue weighted by Gasteiger charge is 2.41. The maximum absolute atomic E-state index is 12.8. The lowest BCUT2D eigenvalue weighted by molar-refractivity contribution is -0.128. The highest BCUT2D eigenvalue weighted by molar-refractivity contribution is 7.14. The van der Waals surface area contributed by atoms with E-state index in [1.807, 2.05) is 16.8 Å². The van der Waals surface area contributed by atoms with E-state index in [4.69, 9.17) is 0 Å². The first-order valence-corrected chi connectivity index (χ1v) is 11.1. The van der Waals surface area contributed by atoms with E-state index in [9.17, 15) is 9.59 Å². The Hall–Kier alpha value is -1.73. The van der Waals surface area contributed by atoms with Crippen LogP contribution in [0.2, 0.25) is 0 Å². The van der Waals surface area contributed by atoms with Gasteiger partial charge in [-0.2, -0.15) is 11.3 Å². The Labute approximate surface area is 162 Å². The topological polar surface area (TPSA) is 71.1 Å². The van der Waals surface area contributed by atoms with E-state index in [2.05, 4.69) is 22.5 Å². The summed E-state index contributed by atoms with van der Waals surface area (Å²) in [5.41, 5.74) is 0.626. The van der Waals surface area contributed by atoms with E-state index >= 15 is 0 Å². The molecule has 0 atom stereocenters. The lowest BCUT2D eigenvalue weighted by Gasteiger charge is -2.36. The molecule has 26 heavy (non-hydrogen) atoms. The normalized spacial score (nSPS) is 16.2. The van der Waals surface area contributed by atoms with Crippen LogP contribution < -0.4 is 10.6 Å². The first-order chi connectivity index (χ1) is 12.6. The molecule has 1 saturated carbocycles. The van der Waals surface area contributed by atoms with Gasteiger partial charge in [0, 0.05) is 22.9 Å². The predicted octanol–water partition coefficient (Wildman–Crippen LogP) is 4.22. The summed E-state index contributed by atoms with van der Waals surface area (Å²) >= 11 is 3.06. The minimum Gasteiger partial charge on any atom is -0.354 e. The molecule has 0 aliphatic heterocycles. The van der Waals surface area contributed by atoms with E-state index < -0.39 is 5.54 Å². The molecule has 0 saturated heterocycles. The van der Waals surface area contributed by atoms with Crippen molar-refractivity contribution in [1.29, 1.82) is 0 Å². The van der Waals surface area contributed by atoms with Crippen LogP contribution in [0.5, 0.6) is 0 Å². The monoisotopic (exact) mass is 391 g/mol. The van der Waals surface area contributed by atoms with Gasteiger partial charge in [-0.15, -0.1) is 11.3 Å². The van der Waals surface area contributed by atoms with Crippen molar-refractivity contribution >= 4 is 34.5 Å². The molecule has 0 unspecified atom stereocenters. The summed E-state index contributed by atoms with van der Waals surface area (Å²) in [6.07, 6.45) is 6.39. The van der Waals surface area contributed by atoms with E-state index in [1.165, 1.54) is 11.3 Å². The van der Waals surface area contributed by atoms with Gasteiger partial charge in [-0.3, -0.25) is 9.59 Å². The average molecular weight is 392 g/mol. The summed E-state index contributed by atoms with van der Waals surface area (Å²) in [6, 6.07) is 2.00. The molecule has 0 bridgehead atoms. The van der Waals surface area contributed by atoms with Gasteiger partial charge < -0.3 is 10.6 Å². The molecule has 2 heterocycles. The van der Waals surface area contributed by atoms with Crippen LogP contribution in [0.25, 0.3) is 10.6 Å². The van der Waals surface area contributed by atoms with Gasteiger partial charge in [0.2, 0.25) is 5.91 Å². The Morgan fingerprint density at radius 1 is 1.23 bits per heavy atom. The minimum atomic E-state index is -0.796. The third-order valence-corrected chi connectivity index (χ3v) is 6.39. The maximum Gasteiger partial charge on any atom is 0.271 e. The van der Waals surface area contributed by atoms with Crippen molar-refractivity contribution in [2.75, 3.05) is 6.54 Å². The number of thiophene rings is 1. The SMILES string of the molecule is CCCCNC(=O)C1(NC(=O)c2csc(-c3ccsc3)n2)CCCCC1. The molecule has 1 aliphatic carbocycles. The van der Waals surface area contributed by atoms with Crippen LogP contribution in [0.3, 0.4) is 0 Å². The molecular formula is C19H25N3O2S2. The van der Waals surface area contributed by atoms with Crippen LogP contribution >= 0.6 is 22.7 Å². The van der Waals surface area contributed by atoms with Gasteiger partial charge in [0.15, 0.2) is 0 Å². The molecule has 2 N–H and O–H groups in total. The number of rotatable bonds is 7. The Bertz CT molecular complexity index is 734. The van der Waals surface area contributed by atoms with Crippen LogP contribution in [0.4, 0.5) is 0 Å². The molecule has 2 aromatic heterocycles. The molecule has 2 aromatic rings. The number of aromatic nitrogens is 1. The molecule has 0 aromatic carbocycles. The fraction of sp³-hybridized carbons (Fsp3) is 0.526. The molecule has 7 heteroatoms. The first-order valence-electron chi connectivity index (χ1n) is 9.23. The number of nitrogens with one attached hydrogen (secondary N) is 2. The summed E-state index contributed by atoms with van der Waals surface area (Å²) in [5.74, 6) is -0.303. The van der Waals surface area contributed by atoms with E-state index in [0.717, 1.165) is 42.7 Å². The Morgan fingerprint density at radius 2 is 2.04 bits per heavy atom. The number of thiazole rings is 1. The predicted molar refractivity (Wildman–Crippen MR) is 107 cm³/mol. The van der Waals surface area contributed by atoms with Gasteiger partial charge in [0.25, 0.3) is 5.91 Å². The standard InChI is InChI=1S/C19H25N3O2S2/c1-2-3-10-20-18(24)19(8-5-4-6-9-19)22-16(23)15-13-26-17(21-15)14-7-11-25-12-14/h7,11-13H,2-6,8-10H2,1H3,(H,20,24)(H,22,23). The van der Waals surface area contributed by atoms with Crippen LogP contribution in [-0.2, 0) is 4.79 Å². The van der Waals surface area contributed by atoms with Crippen molar-refractivity contribution in [1.82, 2.24) is 15.6 Å². The molecule has 1 aliphatic rings. The zero-order valence-corrected chi connectivity index (χ0v) is 16.7. The van der Waals surface area contributed by atoms with Gasteiger partial charge in [-0.1, -0.05) is 32.6 Å². The molecule has 0 spiro atoms. The number of amides is 2. The van der Waals surface area contributed by atoms with Crippen LogP contribution in [0, 0.1) is 0 Å². The Balaban J connectivity index is 1.72. The van der Waals surface area contributed by atoms with Crippen molar-refractivity contribution in [3.05, 3.63) is 27.9 Å². The number of unbranched alkanes of at least 4 members (excludes halogenated alkanes) is 1. The second-order valence-electron chi connectivity index (χ2n) is 6.76. The summed E-state index contributed by atoms with van der Waals surface area (Å²) in [4.78, 5) is 30.1. The van der Waals surface area contributed by atoms with Gasteiger partial charge in [0.1, 0.15) is 16.2 Å². The lowest BCUT2D eigenvalue weighted by Crippen LogP contribution is -2.59. The highest BCUT2D eigenvalue weighted by Crippen LogP contribution is 2.30. The molecular weight excluding hydrogens is 366 g/mol.